The maximum absolute atomic E-state index is 9.63. The lowest BCUT2D eigenvalue weighted by atomic mass is 10.2. The highest BCUT2D eigenvalue weighted by atomic mass is 16.5. The highest BCUT2D eigenvalue weighted by molar-refractivity contribution is 5.02. The molecule has 1 heterocycles. The lowest BCUT2D eigenvalue weighted by Crippen LogP contribution is -2.30. The Morgan fingerprint density at radius 1 is 1.35 bits per heavy atom. The van der Waals surface area contributed by atoms with Crippen molar-refractivity contribution in [3.8, 4) is 0 Å². The van der Waals surface area contributed by atoms with E-state index in [4.69, 9.17) is 4.74 Å². The summed E-state index contributed by atoms with van der Waals surface area (Å²) in [6, 6.07) is 5.79. The van der Waals surface area contributed by atoms with Gasteiger partial charge in [0.25, 0.3) is 0 Å². The maximum Gasteiger partial charge on any atom is 0.0897 e. The van der Waals surface area contributed by atoms with Crippen molar-refractivity contribution in [2.24, 2.45) is 5.92 Å². The van der Waals surface area contributed by atoms with Crippen LogP contribution in [0.25, 0.3) is 0 Å². The quantitative estimate of drug-likeness (QED) is 0.714. The van der Waals surface area contributed by atoms with Crippen LogP contribution in [0.15, 0.2) is 24.4 Å². The van der Waals surface area contributed by atoms with Crippen molar-refractivity contribution in [1.82, 2.24) is 10.3 Å². The Balaban J connectivity index is 2.06. The molecular formula is C13H22N2O2. The summed E-state index contributed by atoms with van der Waals surface area (Å²) in [5.74, 6) is 0.503. The third-order valence-electron chi connectivity index (χ3n) is 2.17. The molecule has 0 saturated heterocycles. The fourth-order valence-corrected chi connectivity index (χ4v) is 1.37. The number of aromatic nitrogens is 1. The minimum atomic E-state index is -0.461. The summed E-state index contributed by atoms with van der Waals surface area (Å²) < 4.78 is 5.35. The summed E-state index contributed by atoms with van der Waals surface area (Å²) in [7, 11) is 0. The third kappa shape index (κ3) is 7.05. The molecule has 0 fully saturated rings. The molecule has 0 spiro atoms. The molecule has 0 amide bonds. The molecule has 0 aliphatic heterocycles. The molecule has 17 heavy (non-hydrogen) atoms. The maximum atomic E-state index is 9.63. The van der Waals surface area contributed by atoms with Gasteiger partial charge < -0.3 is 15.2 Å². The number of nitrogens with one attached hydrogen (secondary N) is 1. The molecule has 4 heteroatoms. The van der Waals surface area contributed by atoms with Crippen LogP contribution in [0.2, 0.25) is 0 Å². The van der Waals surface area contributed by atoms with Gasteiger partial charge in [-0.15, -0.1) is 0 Å². The molecule has 0 radical (unpaired) electrons. The molecule has 0 aromatic carbocycles. The molecule has 96 valence electrons. The van der Waals surface area contributed by atoms with Crippen molar-refractivity contribution in [1.29, 1.82) is 0 Å². The Kier molecular flexibility index (Phi) is 6.77. The van der Waals surface area contributed by atoms with E-state index in [9.17, 15) is 5.11 Å². The number of rotatable bonds is 8. The molecule has 2 N–H and O–H groups in total. The number of pyridine rings is 1. The van der Waals surface area contributed by atoms with Gasteiger partial charge in [0, 0.05) is 25.9 Å². The van der Waals surface area contributed by atoms with E-state index < -0.39 is 6.10 Å². The van der Waals surface area contributed by atoms with Crippen LogP contribution in [0.1, 0.15) is 19.5 Å². The lowest BCUT2D eigenvalue weighted by molar-refractivity contribution is 0.0260. The summed E-state index contributed by atoms with van der Waals surface area (Å²) in [6.45, 7) is 6.44. The second-order valence-corrected chi connectivity index (χ2v) is 4.54. The van der Waals surface area contributed by atoms with Gasteiger partial charge in [0.05, 0.1) is 18.4 Å². The van der Waals surface area contributed by atoms with Crippen LogP contribution in [0.4, 0.5) is 0 Å². The number of hydrogen-bond donors (Lipinski definition) is 2. The van der Waals surface area contributed by atoms with Crippen molar-refractivity contribution in [2.75, 3.05) is 19.8 Å². The molecule has 0 bridgehead atoms. The van der Waals surface area contributed by atoms with E-state index in [1.54, 1.807) is 6.20 Å². The standard InChI is InChI=1S/C13H22N2O2/c1-11(2)9-17-10-13(16)8-14-7-12-5-3-4-6-15-12/h3-6,11,13-14,16H,7-10H2,1-2H3. The predicted octanol–water partition coefficient (Wildman–Crippen LogP) is 1.20. The Hall–Kier alpha value is -0.970. The van der Waals surface area contributed by atoms with Crippen LogP contribution in [-0.4, -0.2) is 36.0 Å². The largest absolute Gasteiger partial charge is 0.389 e. The normalized spacial score (nSPS) is 12.9. The Morgan fingerprint density at radius 3 is 2.82 bits per heavy atom. The smallest absolute Gasteiger partial charge is 0.0897 e. The molecule has 1 unspecified atom stereocenters. The fraction of sp³-hybridized carbons (Fsp3) is 0.615. The van der Waals surface area contributed by atoms with E-state index in [0.29, 0.717) is 32.2 Å². The third-order valence-corrected chi connectivity index (χ3v) is 2.17. The average Bonchev–Trinajstić information content (AvgIpc) is 2.30. The first-order valence-electron chi connectivity index (χ1n) is 6.05. The minimum Gasteiger partial charge on any atom is -0.389 e. The zero-order valence-electron chi connectivity index (χ0n) is 10.6. The molecule has 0 aliphatic rings. The predicted molar refractivity (Wildman–Crippen MR) is 67.6 cm³/mol. The molecule has 0 aliphatic carbocycles. The van der Waals surface area contributed by atoms with E-state index in [2.05, 4.69) is 24.1 Å². The summed E-state index contributed by atoms with van der Waals surface area (Å²) >= 11 is 0. The molecule has 1 rings (SSSR count). The van der Waals surface area contributed by atoms with Crippen LogP contribution in [0.5, 0.6) is 0 Å². The molecular weight excluding hydrogens is 216 g/mol. The number of nitrogens with zero attached hydrogens (tertiary/aromatic N) is 1. The van der Waals surface area contributed by atoms with Crippen molar-refractivity contribution >= 4 is 0 Å². The average molecular weight is 238 g/mol. The van der Waals surface area contributed by atoms with Crippen LogP contribution >= 0.6 is 0 Å². The van der Waals surface area contributed by atoms with Gasteiger partial charge in [-0.1, -0.05) is 19.9 Å². The van der Waals surface area contributed by atoms with Gasteiger partial charge in [-0.2, -0.15) is 0 Å². The second-order valence-electron chi connectivity index (χ2n) is 4.54. The monoisotopic (exact) mass is 238 g/mol. The van der Waals surface area contributed by atoms with Gasteiger partial charge in [-0.05, 0) is 18.1 Å². The van der Waals surface area contributed by atoms with Crippen molar-refractivity contribution in [2.45, 2.75) is 26.5 Å². The van der Waals surface area contributed by atoms with Crippen molar-refractivity contribution < 1.29 is 9.84 Å². The number of hydrogen-bond acceptors (Lipinski definition) is 4. The second kappa shape index (κ2) is 8.17. The highest BCUT2D eigenvalue weighted by Gasteiger charge is 2.04. The summed E-state index contributed by atoms with van der Waals surface area (Å²) in [4.78, 5) is 4.19. The topological polar surface area (TPSA) is 54.4 Å². The van der Waals surface area contributed by atoms with Gasteiger partial charge in [-0.25, -0.2) is 0 Å². The van der Waals surface area contributed by atoms with E-state index in [1.807, 2.05) is 18.2 Å². The van der Waals surface area contributed by atoms with E-state index in [0.717, 1.165) is 5.69 Å². The summed E-state index contributed by atoms with van der Waals surface area (Å²) in [6.07, 6.45) is 1.30. The first kappa shape index (κ1) is 14.1. The Bertz CT molecular complexity index is 291. The van der Waals surface area contributed by atoms with Crippen LogP contribution < -0.4 is 5.32 Å². The first-order valence-corrected chi connectivity index (χ1v) is 6.05. The number of aliphatic hydroxyl groups is 1. The Labute approximate surface area is 103 Å². The summed E-state index contributed by atoms with van der Waals surface area (Å²) in [5, 5.41) is 12.8. The number of aliphatic hydroxyl groups excluding tert-OH is 1. The van der Waals surface area contributed by atoms with E-state index >= 15 is 0 Å². The van der Waals surface area contributed by atoms with Crippen molar-refractivity contribution in [3.63, 3.8) is 0 Å². The van der Waals surface area contributed by atoms with E-state index in [1.165, 1.54) is 0 Å². The summed E-state index contributed by atoms with van der Waals surface area (Å²) in [5.41, 5.74) is 0.975. The SMILES string of the molecule is CC(C)COCC(O)CNCc1ccccn1. The van der Waals surface area contributed by atoms with Gasteiger partial charge >= 0.3 is 0 Å². The minimum absolute atomic E-state index is 0.382. The molecule has 1 aromatic rings. The lowest BCUT2D eigenvalue weighted by Gasteiger charge is -2.13. The van der Waals surface area contributed by atoms with Gasteiger partial charge in [0.1, 0.15) is 0 Å². The van der Waals surface area contributed by atoms with Gasteiger partial charge in [0.15, 0.2) is 0 Å². The molecule has 1 atom stereocenters. The van der Waals surface area contributed by atoms with Crippen LogP contribution in [-0.2, 0) is 11.3 Å². The van der Waals surface area contributed by atoms with Crippen molar-refractivity contribution in [3.05, 3.63) is 30.1 Å². The molecule has 0 saturated carbocycles. The molecule has 4 nitrogen and oxygen atoms in total. The zero-order chi connectivity index (χ0) is 12.5. The Morgan fingerprint density at radius 2 is 2.18 bits per heavy atom. The van der Waals surface area contributed by atoms with E-state index in [-0.39, 0.29) is 0 Å². The molecule has 1 aromatic heterocycles. The van der Waals surface area contributed by atoms with Gasteiger partial charge in [0.2, 0.25) is 0 Å². The first-order chi connectivity index (χ1) is 8.18. The zero-order valence-corrected chi connectivity index (χ0v) is 10.6. The van der Waals surface area contributed by atoms with Crippen LogP contribution in [0.3, 0.4) is 0 Å². The number of ether oxygens (including phenoxy) is 1. The fourth-order valence-electron chi connectivity index (χ4n) is 1.37. The highest BCUT2D eigenvalue weighted by Crippen LogP contribution is 1.95. The van der Waals surface area contributed by atoms with Gasteiger partial charge in [-0.3, -0.25) is 4.98 Å². The van der Waals surface area contributed by atoms with Crippen LogP contribution in [0, 0.1) is 5.92 Å².